The number of aryl methyl sites for hydroxylation is 1. The van der Waals surface area contributed by atoms with Gasteiger partial charge in [-0.1, -0.05) is 48.5 Å². The third-order valence-electron chi connectivity index (χ3n) is 4.05. The Bertz CT molecular complexity index is 888. The lowest BCUT2D eigenvalue weighted by Crippen LogP contribution is -2.41. The topological polar surface area (TPSA) is 79.3 Å². The second kappa shape index (κ2) is 7.57. The first-order valence-corrected chi connectivity index (χ1v) is 8.06. The molecule has 0 saturated carbocycles. The molecule has 1 amide bonds. The van der Waals surface area contributed by atoms with Gasteiger partial charge >= 0.3 is 5.97 Å². The van der Waals surface area contributed by atoms with E-state index in [4.69, 9.17) is 0 Å². The van der Waals surface area contributed by atoms with Crippen molar-refractivity contribution in [2.24, 2.45) is 0 Å². The van der Waals surface area contributed by atoms with Crippen LogP contribution in [0.3, 0.4) is 0 Å². The third-order valence-corrected chi connectivity index (χ3v) is 4.05. The summed E-state index contributed by atoms with van der Waals surface area (Å²) >= 11 is 0. The highest BCUT2D eigenvalue weighted by molar-refractivity contribution is 6.06. The summed E-state index contributed by atoms with van der Waals surface area (Å²) in [6.45, 7) is 0. The van der Waals surface area contributed by atoms with Crippen LogP contribution in [0.4, 0.5) is 0 Å². The fraction of sp³-hybridized carbons (Fsp3) is 0.150. The van der Waals surface area contributed by atoms with Crippen molar-refractivity contribution in [3.8, 4) is 0 Å². The molecule has 5 nitrogen and oxygen atoms in total. The van der Waals surface area contributed by atoms with Crippen LogP contribution in [0, 0.1) is 0 Å². The number of carboxylic acid groups (broad SMARTS) is 1. The van der Waals surface area contributed by atoms with E-state index in [-0.39, 0.29) is 0 Å². The van der Waals surface area contributed by atoms with E-state index in [0.717, 1.165) is 10.9 Å². The summed E-state index contributed by atoms with van der Waals surface area (Å²) in [5.74, 6) is -1.47. The number of pyridine rings is 1. The molecular formula is C20H18N2O3. The fourth-order valence-electron chi connectivity index (χ4n) is 2.74. The van der Waals surface area contributed by atoms with E-state index in [1.165, 1.54) is 0 Å². The number of rotatable bonds is 6. The Kier molecular flexibility index (Phi) is 5.04. The van der Waals surface area contributed by atoms with Crippen LogP contribution in [-0.4, -0.2) is 28.0 Å². The van der Waals surface area contributed by atoms with Crippen LogP contribution in [0.25, 0.3) is 10.9 Å². The lowest BCUT2D eigenvalue weighted by atomic mass is 10.0. The van der Waals surface area contributed by atoms with Gasteiger partial charge in [0, 0.05) is 11.6 Å². The zero-order valence-corrected chi connectivity index (χ0v) is 13.6. The molecule has 1 heterocycles. The first-order chi connectivity index (χ1) is 12.1. The molecule has 5 heteroatoms. The Balaban J connectivity index is 1.75. The molecule has 25 heavy (non-hydrogen) atoms. The number of nitrogens with zero attached hydrogens (tertiary/aromatic N) is 1. The zero-order valence-electron chi connectivity index (χ0n) is 13.6. The number of aliphatic carboxylic acids is 1. The lowest BCUT2D eigenvalue weighted by Gasteiger charge is -2.15. The summed E-state index contributed by atoms with van der Waals surface area (Å²) in [5.41, 5.74) is 1.98. The molecule has 0 radical (unpaired) electrons. The van der Waals surface area contributed by atoms with Crippen molar-refractivity contribution in [2.75, 3.05) is 0 Å². The smallest absolute Gasteiger partial charge is 0.326 e. The maximum atomic E-state index is 12.6. The normalized spacial score (nSPS) is 11.8. The van der Waals surface area contributed by atoms with Crippen molar-refractivity contribution in [2.45, 2.75) is 18.9 Å². The number of carboxylic acids is 1. The number of nitrogens with one attached hydrogen (secondary N) is 1. The molecule has 2 aromatic carbocycles. The Labute approximate surface area is 145 Å². The van der Waals surface area contributed by atoms with Crippen molar-refractivity contribution in [1.29, 1.82) is 0 Å². The Morgan fingerprint density at radius 3 is 2.52 bits per heavy atom. The van der Waals surface area contributed by atoms with Gasteiger partial charge in [0.1, 0.15) is 6.04 Å². The molecule has 126 valence electrons. The minimum absolute atomic E-state index is 0.323. The van der Waals surface area contributed by atoms with Crippen molar-refractivity contribution in [3.63, 3.8) is 0 Å². The molecular weight excluding hydrogens is 316 g/mol. The quantitative estimate of drug-likeness (QED) is 0.726. The molecule has 0 unspecified atom stereocenters. The van der Waals surface area contributed by atoms with Crippen LogP contribution >= 0.6 is 0 Å². The van der Waals surface area contributed by atoms with Gasteiger partial charge in [0.15, 0.2) is 0 Å². The molecule has 0 aliphatic rings. The number of benzene rings is 2. The number of fused-ring (bicyclic) bond motifs is 1. The Hall–Kier alpha value is -3.21. The number of aromatic nitrogens is 1. The largest absolute Gasteiger partial charge is 0.480 e. The van der Waals surface area contributed by atoms with Gasteiger partial charge in [0.25, 0.3) is 5.91 Å². The van der Waals surface area contributed by atoms with Crippen LogP contribution < -0.4 is 5.32 Å². The molecule has 0 aliphatic carbocycles. The average molecular weight is 334 g/mol. The van der Waals surface area contributed by atoms with Crippen molar-refractivity contribution in [3.05, 3.63) is 78.0 Å². The molecule has 0 spiro atoms. The van der Waals surface area contributed by atoms with E-state index in [9.17, 15) is 14.7 Å². The SMILES string of the molecule is O=C(N[C@@H](CCc1ccccc1)C(=O)O)c1cccc2cccnc12. The van der Waals surface area contributed by atoms with E-state index >= 15 is 0 Å². The highest BCUT2D eigenvalue weighted by atomic mass is 16.4. The summed E-state index contributed by atoms with van der Waals surface area (Å²) in [7, 11) is 0. The highest BCUT2D eigenvalue weighted by Gasteiger charge is 2.21. The average Bonchev–Trinajstić information content (AvgIpc) is 2.65. The predicted molar refractivity (Wildman–Crippen MR) is 95.4 cm³/mol. The summed E-state index contributed by atoms with van der Waals surface area (Å²) in [6.07, 6.45) is 2.51. The predicted octanol–water partition coefficient (Wildman–Crippen LogP) is 3.05. The van der Waals surface area contributed by atoms with Gasteiger partial charge in [-0.3, -0.25) is 9.78 Å². The van der Waals surface area contributed by atoms with Crippen LogP contribution in [0.15, 0.2) is 66.9 Å². The number of hydrogen-bond donors (Lipinski definition) is 2. The molecule has 1 atom stereocenters. The molecule has 0 aliphatic heterocycles. The van der Waals surface area contributed by atoms with Crippen LogP contribution in [-0.2, 0) is 11.2 Å². The summed E-state index contributed by atoms with van der Waals surface area (Å²) in [4.78, 5) is 28.3. The summed E-state index contributed by atoms with van der Waals surface area (Å²) < 4.78 is 0. The van der Waals surface area contributed by atoms with E-state index in [1.807, 2.05) is 42.5 Å². The van der Waals surface area contributed by atoms with E-state index in [1.54, 1.807) is 24.4 Å². The second-order valence-corrected chi connectivity index (χ2v) is 5.77. The van der Waals surface area contributed by atoms with Gasteiger partial charge in [0.2, 0.25) is 0 Å². The zero-order chi connectivity index (χ0) is 17.6. The molecule has 0 bridgehead atoms. The molecule has 1 aromatic heterocycles. The van der Waals surface area contributed by atoms with Crippen molar-refractivity contribution in [1.82, 2.24) is 10.3 Å². The van der Waals surface area contributed by atoms with Gasteiger partial charge < -0.3 is 10.4 Å². The lowest BCUT2D eigenvalue weighted by molar-refractivity contribution is -0.139. The number of carbonyl (C=O) groups is 2. The summed E-state index contributed by atoms with van der Waals surface area (Å²) in [5, 5.41) is 12.9. The maximum Gasteiger partial charge on any atom is 0.326 e. The van der Waals surface area contributed by atoms with E-state index in [0.29, 0.717) is 23.9 Å². The number of para-hydroxylation sites is 1. The van der Waals surface area contributed by atoms with Gasteiger partial charge in [-0.15, -0.1) is 0 Å². The number of carbonyl (C=O) groups excluding carboxylic acids is 1. The Morgan fingerprint density at radius 2 is 1.76 bits per heavy atom. The van der Waals surface area contributed by atoms with E-state index < -0.39 is 17.9 Å². The standard InChI is InChI=1S/C20H18N2O3/c23-19(16-10-4-8-15-9-5-13-21-18(15)16)22-17(20(24)25)12-11-14-6-2-1-3-7-14/h1-10,13,17H,11-12H2,(H,22,23)(H,24,25)/t17-/m0/s1. The monoisotopic (exact) mass is 334 g/mol. The maximum absolute atomic E-state index is 12.6. The molecule has 0 fully saturated rings. The molecule has 3 rings (SSSR count). The minimum atomic E-state index is -1.04. The highest BCUT2D eigenvalue weighted by Crippen LogP contribution is 2.16. The van der Waals surface area contributed by atoms with Gasteiger partial charge in [-0.25, -0.2) is 4.79 Å². The van der Waals surface area contributed by atoms with Crippen LogP contribution in [0.1, 0.15) is 22.3 Å². The van der Waals surface area contributed by atoms with Gasteiger partial charge in [0.05, 0.1) is 11.1 Å². The number of hydrogen-bond acceptors (Lipinski definition) is 3. The van der Waals surface area contributed by atoms with E-state index in [2.05, 4.69) is 10.3 Å². The van der Waals surface area contributed by atoms with Gasteiger partial charge in [-0.05, 0) is 30.5 Å². The third kappa shape index (κ3) is 4.01. The van der Waals surface area contributed by atoms with Crippen LogP contribution in [0.5, 0.6) is 0 Å². The summed E-state index contributed by atoms with van der Waals surface area (Å²) in [6, 6.07) is 17.6. The molecule has 2 N–H and O–H groups in total. The van der Waals surface area contributed by atoms with Crippen LogP contribution in [0.2, 0.25) is 0 Å². The van der Waals surface area contributed by atoms with Gasteiger partial charge in [-0.2, -0.15) is 0 Å². The van der Waals surface area contributed by atoms with Crippen molar-refractivity contribution < 1.29 is 14.7 Å². The first kappa shape index (κ1) is 16.6. The molecule has 0 saturated heterocycles. The fourth-order valence-corrected chi connectivity index (χ4v) is 2.74. The first-order valence-electron chi connectivity index (χ1n) is 8.06. The minimum Gasteiger partial charge on any atom is -0.480 e. The van der Waals surface area contributed by atoms with Crippen molar-refractivity contribution >= 4 is 22.8 Å². The Morgan fingerprint density at radius 1 is 1.00 bits per heavy atom. The second-order valence-electron chi connectivity index (χ2n) is 5.77. The molecule has 3 aromatic rings. The number of amides is 1.